The number of carbonyl (C=O) groups is 1. The molecule has 3 rings (SSSR count). The van der Waals surface area contributed by atoms with Crippen LogP contribution < -0.4 is 10.9 Å². The molecule has 160 valence electrons. The Morgan fingerprint density at radius 1 is 1.34 bits per heavy atom. The molecule has 0 radical (unpaired) electrons. The van der Waals surface area contributed by atoms with Gasteiger partial charge in [0.15, 0.2) is 5.82 Å². The SMILES string of the molecule is CCN(N)c1ncnc2c(C3C(O)C(O)C(CO)N3C(=O)OC(C)(C)C)c[nH]c12. The van der Waals surface area contributed by atoms with E-state index < -0.39 is 42.6 Å². The van der Waals surface area contributed by atoms with E-state index in [0.29, 0.717) is 29.0 Å². The van der Waals surface area contributed by atoms with Crippen LogP contribution in [0.1, 0.15) is 39.3 Å². The van der Waals surface area contributed by atoms with Crippen molar-refractivity contribution in [3.63, 3.8) is 0 Å². The number of hydrazine groups is 1. The number of nitrogens with two attached hydrogens (primary N) is 1. The van der Waals surface area contributed by atoms with Crippen LogP contribution in [0.5, 0.6) is 0 Å². The molecule has 0 bridgehead atoms. The highest BCUT2D eigenvalue weighted by Gasteiger charge is 2.52. The average molecular weight is 408 g/mol. The zero-order valence-electron chi connectivity index (χ0n) is 16.9. The van der Waals surface area contributed by atoms with Crippen LogP contribution in [-0.4, -0.2) is 78.3 Å². The highest BCUT2D eigenvalue weighted by molar-refractivity contribution is 5.89. The van der Waals surface area contributed by atoms with Gasteiger partial charge in [-0.05, 0) is 27.7 Å². The van der Waals surface area contributed by atoms with E-state index in [1.165, 1.54) is 16.2 Å². The van der Waals surface area contributed by atoms with E-state index in [0.717, 1.165) is 0 Å². The number of hydrogen-bond donors (Lipinski definition) is 5. The number of ether oxygens (including phenoxy) is 1. The lowest BCUT2D eigenvalue weighted by molar-refractivity contribution is -0.000805. The fourth-order valence-electron chi connectivity index (χ4n) is 3.58. The zero-order chi connectivity index (χ0) is 21.5. The van der Waals surface area contributed by atoms with Crippen molar-refractivity contribution in [2.24, 2.45) is 5.84 Å². The highest BCUT2D eigenvalue weighted by atomic mass is 16.6. The third-order valence-corrected chi connectivity index (χ3v) is 4.92. The average Bonchev–Trinajstić information content (AvgIpc) is 3.18. The number of amides is 1. The van der Waals surface area contributed by atoms with Crippen LogP contribution in [0.4, 0.5) is 10.6 Å². The number of aromatic amines is 1. The maximum absolute atomic E-state index is 12.9. The first-order valence-electron chi connectivity index (χ1n) is 9.43. The van der Waals surface area contributed by atoms with Crippen molar-refractivity contribution in [1.29, 1.82) is 0 Å². The molecule has 1 aliphatic heterocycles. The number of H-pyrrole nitrogens is 1. The number of aromatic nitrogens is 3. The van der Waals surface area contributed by atoms with Crippen LogP contribution in [0.25, 0.3) is 11.0 Å². The number of anilines is 1. The first-order valence-corrected chi connectivity index (χ1v) is 9.43. The normalized spacial score (nSPS) is 24.9. The molecule has 3 heterocycles. The van der Waals surface area contributed by atoms with Gasteiger partial charge >= 0.3 is 6.09 Å². The molecule has 1 amide bonds. The summed E-state index contributed by atoms with van der Waals surface area (Å²) in [5.41, 5.74) is 0.644. The van der Waals surface area contributed by atoms with Gasteiger partial charge in [0, 0.05) is 18.3 Å². The molecule has 0 spiro atoms. The monoisotopic (exact) mass is 408 g/mol. The maximum Gasteiger partial charge on any atom is 0.411 e. The first kappa shape index (κ1) is 21.2. The Balaban J connectivity index is 2.10. The Bertz CT molecular complexity index is 881. The molecule has 1 fully saturated rings. The third-order valence-electron chi connectivity index (χ3n) is 4.92. The van der Waals surface area contributed by atoms with E-state index in [-0.39, 0.29) is 0 Å². The van der Waals surface area contributed by atoms with Crippen LogP contribution in [0.2, 0.25) is 0 Å². The van der Waals surface area contributed by atoms with Crippen molar-refractivity contribution in [2.75, 3.05) is 18.2 Å². The van der Waals surface area contributed by atoms with Gasteiger partial charge in [0.25, 0.3) is 0 Å². The number of nitrogens with zero attached hydrogens (tertiary/aromatic N) is 4. The Kier molecular flexibility index (Phi) is 5.68. The largest absolute Gasteiger partial charge is 0.444 e. The summed E-state index contributed by atoms with van der Waals surface area (Å²) < 4.78 is 5.45. The van der Waals surface area contributed by atoms with Crippen LogP contribution in [0.3, 0.4) is 0 Å². The maximum atomic E-state index is 12.9. The van der Waals surface area contributed by atoms with Crippen molar-refractivity contribution in [3.8, 4) is 0 Å². The van der Waals surface area contributed by atoms with Gasteiger partial charge in [0.05, 0.1) is 24.2 Å². The van der Waals surface area contributed by atoms with Gasteiger partial charge in [-0.3, -0.25) is 9.91 Å². The van der Waals surface area contributed by atoms with Crippen LogP contribution in [0, 0.1) is 0 Å². The predicted octanol–water partition coefficient (Wildman–Crippen LogP) is 0.0324. The van der Waals surface area contributed by atoms with Crippen molar-refractivity contribution in [1.82, 2.24) is 19.9 Å². The van der Waals surface area contributed by atoms with Crippen LogP contribution in [0.15, 0.2) is 12.5 Å². The molecular weight excluding hydrogens is 380 g/mol. The molecule has 2 aromatic rings. The lowest BCUT2D eigenvalue weighted by atomic mass is 10.0. The number of carbonyl (C=O) groups excluding carboxylic acids is 1. The van der Waals surface area contributed by atoms with E-state index in [1.54, 1.807) is 27.0 Å². The number of nitrogens with one attached hydrogen (secondary N) is 1. The topological polar surface area (TPSA) is 161 Å². The second-order valence-electron chi connectivity index (χ2n) is 8.01. The Morgan fingerprint density at radius 2 is 2.03 bits per heavy atom. The summed E-state index contributed by atoms with van der Waals surface area (Å²) in [5.74, 6) is 6.43. The quantitative estimate of drug-likeness (QED) is 0.347. The molecule has 29 heavy (non-hydrogen) atoms. The van der Waals surface area contributed by atoms with Gasteiger partial charge in [-0.25, -0.2) is 20.6 Å². The minimum atomic E-state index is -1.36. The molecule has 0 aromatic carbocycles. The summed E-state index contributed by atoms with van der Waals surface area (Å²) in [5, 5.41) is 32.4. The lowest BCUT2D eigenvalue weighted by Gasteiger charge is -2.32. The minimum absolute atomic E-state index is 0.447. The molecule has 4 unspecified atom stereocenters. The van der Waals surface area contributed by atoms with Crippen molar-refractivity contribution in [3.05, 3.63) is 18.1 Å². The second kappa shape index (κ2) is 7.75. The third kappa shape index (κ3) is 3.73. The number of aliphatic hydroxyl groups excluding tert-OH is 3. The molecule has 1 aliphatic rings. The predicted molar refractivity (Wildman–Crippen MR) is 105 cm³/mol. The van der Waals surface area contributed by atoms with Gasteiger partial charge in [-0.15, -0.1) is 0 Å². The molecule has 11 heteroatoms. The first-order chi connectivity index (χ1) is 13.6. The Labute approximate surface area is 168 Å². The summed E-state index contributed by atoms with van der Waals surface area (Å²) in [6.45, 7) is 6.96. The Morgan fingerprint density at radius 3 is 2.62 bits per heavy atom. The summed E-state index contributed by atoms with van der Waals surface area (Å²) in [6.07, 6.45) is -0.536. The smallest absolute Gasteiger partial charge is 0.411 e. The molecule has 4 atom stereocenters. The van der Waals surface area contributed by atoms with E-state index >= 15 is 0 Å². The van der Waals surface area contributed by atoms with E-state index in [4.69, 9.17) is 10.6 Å². The molecule has 2 aromatic heterocycles. The highest BCUT2D eigenvalue weighted by Crippen LogP contribution is 2.40. The minimum Gasteiger partial charge on any atom is -0.444 e. The molecule has 6 N–H and O–H groups in total. The fraction of sp³-hybridized carbons (Fsp3) is 0.611. The van der Waals surface area contributed by atoms with Gasteiger partial charge in [0.2, 0.25) is 0 Å². The number of rotatable bonds is 4. The molecule has 11 nitrogen and oxygen atoms in total. The second-order valence-corrected chi connectivity index (χ2v) is 8.01. The van der Waals surface area contributed by atoms with E-state index in [2.05, 4.69) is 15.0 Å². The summed E-state index contributed by atoms with van der Waals surface area (Å²) >= 11 is 0. The van der Waals surface area contributed by atoms with Crippen molar-refractivity contribution >= 4 is 22.9 Å². The Hall–Kier alpha value is -2.47. The standard InChI is InChI=1S/C18H28N6O5/c1-5-23(19)16-12-11(21-8-22-16)9(6-20-12)13-15(27)14(26)10(7-25)24(13)17(28)29-18(2,3)4/h6,8,10,13-15,20,25-27H,5,7,19H2,1-4H3. The van der Waals surface area contributed by atoms with E-state index in [1.807, 2.05) is 6.92 Å². The van der Waals surface area contributed by atoms with Gasteiger partial charge in [-0.2, -0.15) is 0 Å². The number of likely N-dealkylation sites (tertiary alicyclic amines) is 1. The van der Waals surface area contributed by atoms with E-state index in [9.17, 15) is 20.1 Å². The lowest BCUT2D eigenvalue weighted by Crippen LogP contribution is -2.45. The molecule has 0 aliphatic carbocycles. The van der Waals surface area contributed by atoms with Gasteiger partial charge < -0.3 is 25.0 Å². The molecular formula is C18H28N6O5. The summed E-state index contributed by atoms with van der Waals surface area (Å²) in [7, 11) is 0. The molecule has 1 saturated heterocycles. The fourth-order valence-corrected chi connectivity index (χ4v) is 3.58. The van der Waals surface area contributed by atoms with Crippen LogP contribution >= 0.6 is 0 Å². The van der Waals surface area contributed by atoms with Crippen molar-refractivity contribution < 1.29 is 24.9 Å². The van der Waals surface area contributed by atoms with Gasteiger partial charge in [-0.1, -0.05) is 0 Å². The van der Waals surface area contributed by atoms with Gasteiger partial charge in [0.1, 0.15) is 29.7 Å². The molecule has 0 saturated carbocycles. The van der Waals surface area contributed by atoms with Crippen LogP contribution in [-0.2, 0) is 4.74 Å². The van der Waals surface area contributed by atoms with Crippen molar-refractivity contribution in [2.45, 2.75) is 57.6 Å². The zero-order valence-corrected chi connectivity index (χ0v) is 16.9. The summed E-state index contributed by atoms with van der Waals surface area (Å²) in [4.78, 5) is 25.6. The number of hydrogen-bond acceptors (Lipinski definition) is 9. The number of aliphatic hydroxyl groups is 3. The summed E-state index contributed by atoms with van der Waals surface area (Å²) in [6, 6.07) is -2.01. The number of fused-ring (bicyclic) bond motifs is 1.